The highest BCUT2D eigenvalue weighted by atomic mass is 16.2. The highest BCUT2D eigenvalue weighted by molar-refractivity contribution is 5.97. The van der Waals surface area contributed by atoms with Crippen LogP contribution in [0, 0.1) is 26.2 Å². The van der Waals surface area contributed by atoms with Gasteiger partial charge in [-0.25, -0.2) is 0 Å². The molecular weight excluding hydrogens is 276 g/mol. The first-order chi connectivity index (χ1) is 10.4. The standard InChI is InChI=1S/C18H24N2O2/c1-12-4-5-13(2)15(14(12)3)16(21)20-10-7-18(8-11-20)6-9-19-17(18)22/h4-5H,6-11H2,1-3H3,(H,19,22). The van der Waals surface area contributed by atoms with Gasteiger partial charge >= 0.3 is 0 Å². The lowest BCUT2D eigenvalue weighted by Crippen LogP contribution is -2.46. The quantitative estimate of drug-likeness (QED) is 0.865. The average Bonchev–Trinajstić information content (AvgIpc) is 2.85. The first-order valence-electron chi connectivity index (χ1n) is 8.09. The van der Waals surface area contributed by atoms with Crippen molar-refractivity contribution >= 4 is 11.8 Å². The van der Waals surface area contributed by atoms with Crippen molar-refractivity contribution < 1.29 is 9.59 Å². The van der Waals surface area contributed by atoms with E-state index < -0.39 is 0 Å². The largest absolute Gasteiger partial charge is 0.356 e. The van der Waals surface area contributed by atoms with Crippen molar-refractivity contribution in [2.75, 3.05) is 19.6 Å². The monoisotopic (exact) mass is 300 g/mol. The van der Waals surface area contributed by atoms with E-state index in [9.17, 15) is 9.59 Å². The SMILES string of the molecule is Cc1ccc(C)c(C(=O)N2CCC3(CCNC3=O)CC2)c1C. The Morgan fingerprint density at radius 3 is 2.32 bits per heavy atom. The lowest BCUT2D eigenvalue weighted by atomic mass is 9.77. The highest BCUT2D eigenvalue weighted by Gasteiger charge is 2.45. The molecule has 3 rings (SSSR count). The lowest BCUT2D eigenvalue weighted by molar-refractivity contribution is -0.129. The van der Waals surface area contributed by atoms with E-state index in [0.717, 1.165) is 48.1 Å². The Kier molecular flexibility index (Phi) is 3.71. The van der Waals surface area contributed by atoms with Crippen molar-refractivity contribution in [2.45, 2.75) is 40.0 Å². The molecule has 2 aliphatic rings. The molecule has 118 valence electrons. The Morgan fingerprint density at radius 1 is 1.09 bits per heavy atom. The van der Waals surface area contributed by atoms with E-state index in [-0.39, 0.29) is 17.2 Å². The van der Waals surface area contributed by atoms with E-state index in [1.165, 1.54) is 0 Å². The number of rotatable bonds is 1. The second-order valence-corrected chi connectivity index (χ2v) is 6.78. The molecule has 0 bridgehead atoms. The summed E-state index contributed by atoms with van der Waals surface area (Å²) in [4.78, 5) is 26.9. The van der Waals surface area contributed by atoms with E-state index >= 15 is 0 Å². The van der Waals surface area contributed by atoms with Crippen LogP contribution < -0.4 is 5.32 Å². The first-order valence-corrected chi connectivity index (χ1v) is 8.09. The molecule has 4 nitrogen and oxygen atoms in total. The summed E-state index contributed by atoms with van der Waals surface area (Å²) in [6.07, 6.45) is 2.49. The smallest absolute Gasteiger partial charge is 0.254 e. The molecule has 2 amide bonds. The van der Waals surface area contributed by atoms with Crippen LogP contribution in [0.15, 0.2) is 12.1 Å². The minimum Gasteiger partial charge on any atom is -0.356 e. The molecule has 2 fully saturated rings. The molecule has 0 saturated carbocycles. The zero-order valence-electron chi connectivity index (χ0n) is 13.7. The first kappa shape index (κ1) is 15.1. The summed E-state index contributed by atoms with van der Waals surface area (Å²) in [6, 6.07) is 4.08. The van der Waals surface area contributed by atoms with Crippen molar-refractivity contribution in [3.8, 4) is 0 Å². The molecule has 2 saturated heterocycles. The third-order valence-electron chi connectivity index (χ3n) is 5.54. The molecule has 0 unspecified atom stereocenters. The van der Waals surface area contributed by atoms with Crippen molar-refractivity contribution in [1.29, 1.82) is 0 Å². The highest BCUT2D eigenvalue weighted by Crippen LogP contribution is 2.38. The van der Waals surface area contributed by atoms with Gasteiger partial charge in [-0.2, -0.15) is 0 Å². The minimum absolute atomic E-state index is 0.118. The molecule has 2 aliphatic heterocycles. The van der Waals surface area contributed by atoms with Crippen LogP contribution in [-0.4, -0.2) is 36.3 Å². The summed E-state index contributed by atoms with van der Waals surface area (Å²) in [5.41, 5.74) is 3.88. The molecule has 1 spiro atoms. The number of carbonyl (C=O) groups is 2. The summed E-state index contributed by atoms with van der Waals surface area (Å²) < 4.78 is 0. The molecule has 1 aromatic rings. The van der Waals surface area contributed by atoms with Gasteiger partial charge in [0.25, 0.3) is 5.91 Å². The molecule has 0 atom stereocenters. The third kappa shape index (κ3) is 2.31. The number of benzene rings is 1. The Hall–Kier alpha value is -1.84. The maximum atomic E-state index is 12.9. The summed E-state index contributed by atoms with van der Waals surface area (Å²) in [5.74, 6) is 0.300. The van der Waals surface area contributed by atoms with Gasteiger partial charge in [-0.1, -0.05) is 12.1 Å². The van der Waals surface area contributed by atoms with E-state index in [1.807, 2.05) is 31.7 Å². The molecule has 22 heavy (non-hydrogen) atoms. The maximum absolute atomic E-state index is 12.9. The molecule has 2 heterocycles. The maximum Gasteiger partial charge on any atom is 0.254 e. The Labute approximate surface area is 131 Å². The number of amides is 2. The zero-order valence-corrected chi connectivity index (χ0v) is 13.7. The van der Waals surface area contributed by atoms with Crippen LogP contribution in [0.25, 0.3) is 0 Å². The van der Waals surface area contributed by atoms with Crippen LogP contribution >= 0.6 is 0 Å². The van der Waals surface area contributed by atoms with Gasteiger partial charge in [-0.3, -0.25) is 9.59 Å². The van der Waals surface area contributed by atoms with E-state index in [0.29, 0.717) is 13.1 Å². The molecule has 1 N–H and O–H groups in total. The van der Waals surface area contributed by atoms with Crippen molar-refractivity contribution in [3.05, 3.63) is 34.4 Å². The fourth-order valence-corrected chi connectivity index (χ4v) is 3.77. The molecule has 1 aromatic carbocycles. The van der Waals surface area contributed by atoms with Gasteiger partial charge < -0.3 is 10.2 Å². The molecule has 0 aromatic heterocycles. The van der Waals surface area contributed by atoms with Crippen molar-refractivity contribution in [3.63, 3.8) is 0 Å². The van der Waals surface area contributed by atoms with Gasteiger partial charge in [0.2, 0.25) is 5.91 Å². The van der Waals surface area contributed by atoms with Crippen LogP contribution in [0.3, 0.4) is 0 Å². The van der Waals surface area contributed by atoms with Crippen molar-refractivity contribution in [2.24, 2.45) is 5.41 Å². The summed E-state index contributed by atoms with van der Waals surface area (Å²) >= 11 is 0. The summed E-state index contributed by atoms with van der Waals surface area (Å²) in [5, 5.41) is 2.94. The topological polar surface area (TPSA) is 49.4 Å². The second-order valence-electron chi connectivity index (χ2n) is 6.78. The number of carbonyl (C=O) groups excluding carboxylic acids is 2. The number of nitrogens with one attached hydrogen (secondary N) is 1. The number of nitrogens with zero attached hydrogens (tertiary/aromatic N) is 1. The summed E-state index contributed by atoms with van der Waals surface area (Å²) in [7, 11) is 0. The van der Waals surface area contributed by atoms with E-state index in [4.69, 9.17) is 0 Å². The second kappa shape index (κ2) is 5.41. The lowest BCUT2D eigenvalue weighted by Gasteiger charge is -2.37. The number of aryl methyl sites for hydroxylation is 2. The zero-order chi connectivity index (χ0) is 15.9. The minimum atomic E-state index is -0.215. The van der Waals surface area contributed by atoms with Gasteiger partial charge in [0, 0.05) is 25.2 Å². The molecule has 0 aliphatic carbocycles. The van der Waals surface area contributed by atoms with Gasteiger partial charge in [0.15, 0.2) is 0 Å². The van der Waals surface area contributed by atoms with Gasteiger partial charge in [-0.15, -0.1) is 0 Å². The third-order valence-corrected chi connectivity index (χ3v) is 5.54. The predicted octanol–water partition coefficient (Wildman–Crippen LogP) is 2.35. The number of hydrogen-bond donors (Lipinski definition) is 1. The van der Waals surface area contributed by atoms with Gasteiger partial charge in [-0.05, 0) is 56.7 Å². The Balaban J connectivity index is 1.78. The van der Waals surface area contributed by atoms with Gasteiger partial charge in [0.05, 0.1) is 5.41 Å². The number of likely N-dealkylation sites (tertiary alicyclic amines) is 1. The molecular formula is C18H24N2O2. The fraction of sp³-hybridized carbons (Fsp3) is 0.556. The van der Waals surface area contributed by atoms with Crippen LogP contribution in [0.5, 0.6) is 0 Å². The van der Waals surface area contributed by atoms with E-state index in [2.05, 4.69) is 11.4 Å². The number of hydrogen-bond acceptors (Lipinski definition) is 2. The average molecular weight is 300 g/mol. The summed E-state index contributed by atoms with van der Waals surface area (Å²) in [6.45, 7) is 8.20. The molecule has 0 radical (unpaired) electrons. The fourth-order valence-electron chi connectivity index (χ4n) is 3.77. The van der Waals surface area contributed by atoms with Crippen LogP contribution in [0.2, 0.25) is 0 Å². The van der Waals surface area contributed by atoms with Gasteiger partial charge in [0.1, 0.15) is 0 Å². The Bertz CT molecular complexity index is 628. The molecule has 4 heteroatoms. The normalized spacial score (nSPS) is 20.3. The van der Waals surface area contributed by atoms with Crippen LogP contribution in [0.4, 0.5) is 0 Å². The number of piperidine rings is 1. The van der Waals surface area contributed by atoms with Crippen molar-refractivity contribution in [1.82, 2.24) is 10.2 Å². The Morgan fingerprint density at radius 2 is 1.73 bits per heavy atom. The van der Waals surface area contributed by atoms with Crippen LogP contribution in [0.1, 0.15) is 46.3 Å². The van der Waals surface area contributed by atoms with E-state index in [1.54, 1.807) is 0 Å². The van der Waals surface area contributed by atoms with Crippen LogP contribution in [-0.2, 0) is 4.79 Å². The predicted molar refractivity (Wildman–Crippen MR) is 85.9 cm³/mol.